The second kappa shape index (κ2) is 6.99. The van der Waals surface area contributed by atoms with E-state index in [1.807, 2.05) is 43.0 Å². The zero-order chi connectivity index (χ0) is 18.1. The molecule has 3 aromatic rings. The summed E-state index contributed by atoms with van der Waals surface area (Å²) in [5.41, 5.74) is 2.23. The maximum atomic E-state index is 13.0. The molecule has 0 spiro atoms. The number of hydrogen-bond acceptors (Lipinski definition) is 6. The number of pyridine rings is 1. The van der Waals surface area contributed by atoms with Crippen LogP contribution in [0.3, 0.4) is 0 Å². The summed E-state index contributed by atoms with van der Waals surface area (Å²) >= 11 is 1.58. The lowest BCUT2D eigenvalue weighted by Gasteiger charge is -2.17. The first-order valence-corrected chi connectivity index (χ1v) is 9.68. The zero-order valence-corrected chi connectivity index (χ0v) is 15.7. The lowest BCUT2D eigenvalue weighted by atomic mass is 10.2. The summed E-state index contributed by atoms with van der Waals surface area (Å²) in [6.45, 7) is 5.65. The molecule has 134 valence electrons. The largest absolute Gasteiger partial charge is 0.346 e. The van der Waals surface area contributed by atoms with Crippen LogP contribution < -0.4 is 5.32 Å². The van der Waals surface area contributed by atoms with Gasteiger partial charge >= 0.3 is 0 Å². The highest BCUT2D eigenvalue weighted by atomic mass is 32.1. The third-order valence-electron chi connectivity index (χ3n) is 4.57. The van der Waals surface area contributed by atoms with Crippen LogP contribution in [0.5, 0.6) is 0 Å². The van der Waals surface area contributed by atoms with Crippen LogP contribution in [-0.4, -0.2) is 38.8 Å². The van der Waals surface area contributed by atoms with Gasteiger partial charge in [0.2, 0.25) is 5.95 Å². The van der Waals surface area contributed by atoms with Gasteiger partial charge in [0, 0.05) is 24.2 Å². The Morgan fingerprint density at radius 3 is 2.81 bits per heavy atom. The highest BCUT2D eigenvalue weighted by molar-refractivity contribution is 7.19. The van der Waals surface area contributed by atoms with E-state index in [1.54, 1.807) is 17.5 Å². The van der Waals surface area contributed by atoms with Crippen molar-refractivity contribution in [1.29, 1.82) is 0 Å². The third-order valence-corrected chi connectivity index (χ3v) is 5.61. The van der Waals surface area contributed by atoms with Crippen molar-refractivity contribution in [3.05, 3.63) is 46.7 Å². The molecule has 1 atom stereocenters. The molecule has 7 heteroatoms. The minimum atomic E-state index is -0.0527. The van der Waals surface area contributed by atoms with E-state index in [1.165, 1.54) is 0 Å². The summed E-state index contributed by atoms with van der Waals surface area (Å²) in [6, 6.07) is 7.76. The molecule has 0 bridgehead atoms. The number of rotatable bonds is 4. The maximum Gasteiger partial charge on any atom is 0.274 e. The summed E-state index contributed by atoms with van der Waals surface area (Å²) in [7, 11) is 0. The van der Waals surface area contributed by atoms with Gasteiger partial charge in [0.1, 0.15) is 0 Å². The van der Waals surface area contributed by atoms with E-state index in [-0.39, 0.29) is 11.9 Å². The van der Waals surface area contributed by atoms with Gasteiger partial charge in [-0.2, -0.15) is 0 Å². The lowest BCUT2D eigenvalue weighted by molar-refractivity contribution is 0.0789. The number of aromatic nitrogens is 3. The second-order valence-electron chi connectivity index (χ2n) is 6.59. The average Bonchev–Trinajstić information content (AvgIpc) is 3.30. The lowest BCUT2D eigenvalue weighted by Crippen LogP contribution is -2.29. The number of anilines is 1. The molecule has 4 heterocycles. The fourth-order valence-electron chi connectivity index (χ4n) is 3.23. The van der Waals surface area contributed by atoms with E-state index < -0.39 is 0 Å². The Hall–Kier alpha value is -2.54. The van der Waals surface area contributed by atoms with Gasteiger partial charge in [0.15, 0.2) is 5.69 Å². The molecule has 26 heavy (non-hydrogen) atoms. The van der Waals surface area contributed by atoms with Crippen molar-refractivity contribution in [1.82, 2.24) is 19.9 Å². The predicted octanol–water partition coefficient (Wildman–Crippen LogP) is 3.80. The van der Waals surface area contributed by atoms with Crippen LogP contribution in [-0.2, 0) is 0 Å². The van der Waals surface area contributed by atoms with Crippen molar-refractivity contribution in [3.63, 3.8) is 0 Å². The first-order valence-electron chi connectivity index (χ1n) is 8.87. The van der Waals surface area contributed by atoms with Gasteiger partial charge in [0.25, 0.3) is 5.91 Å². The summed E-state index contributed by atoms with van der Waals surface area (Å²) in [5, 5.41) is 3.29. The molecule has 0 aliphatic carbocycles. The fourth-order valence-corrected chi connectivity index (χ4v) is 4.16. The highest BCUT2D eigenvalue weighted by Gasteiger charge is 2.25. The number of aryl methyl sites for hydroxylation is 1. The molecule has 6 nitrogen and oxygen atoms in total. The van der Waals surface area contributed by atoms with Crippen LogP contribution >= 0.6 is 11.3 Å². The van der Waals surface area contributed by atoms with Crippen molar-refractivity contribution >= 4 is 33.4 Å². The number of fused-ring (bicyclic) bond motifs is 1. The number of likely N-dealkylation sites (tertiary alicyclic amines) is 1. The molecule has 1 amide bonds. The van der Waals surface area contributed by atoms with E-state index in [2.05, 4.69) is 20.3 Å². The molecule has 1 fully saturated rings. The molecule has 1 N–H and O–H groups in total. The zero-order valence-electron chi connectivity index (χ0n) is 14.9. The van der Waals surface area contributed by atoms with Crippen molar-refractivity contribution in [3.8, 4) is 0 Å². The first-order chi connectivity index (χ1) is 12.6. The smallest absolute Gasteiger partial charge is 0.274 e. The van der Waals surface area contributed by atoms with E-state index in [0.29, 0.717) is 11.6 Å². The Morgan fingerprint density at radius 2 is 2.08 bits per heavy atom. The second-order valence-corrected chi connectivity index (χ2v) is 7.84. The average molecular weight is 367 g/mol. The standard InChI is InChI=1S/C19H21N5OS/c1-12-11-15-17(26-12)16(18(25)24-9-5-6-10-24)23-19(22-15)21-13(2)14-7-3-4-8-20-14/h3-4,7-8,11,13H,5-6,9-10H2,1-2H3,(H,21,22,23)/t13-/m0/s1. The number of carbonyl (C=O) groups excluding carboxylic acids is 1. The van der Waals surface area contributed by atoms with Crippen LogP contribution in [0.4, 0.5) is 5.95 Å². The number of carbonyl (C=O) groups is 1. The summed E-state index contributed by atoms with van der Waals surface area (Å²) in [4.78, 5) is 29.6. The van der Waals surface area contributed by atoms with Crippen LogP contribution in [0.1, 0.15) is 46.9 Å². The summed E-state index contributed by atoms with van der Waals surface area (Å²) in [5.74, 6) is 0.473. The first kappa shape index (κ1) is 16.9. The molecule has 4 rings (SSSR count). The van der Waals surface area contributed by atoms with E-state index >= 15 is 0 Å². The predicted molar refractivity (Wildman–Crippen MR) is 104 cm³/mol. The number of hydrogen-bond donors (Lipinski definition) is 1. The minimum Gasteiger partial charge on any atom is -0.346 e. The van der Waals surface area contributed by atoms with Crippen LogP contribution in [0.25, 0.3) is 10.2 Å². The summed E-state index contributed by atoms with van der Waals surface area (Å²) in [6.07, 6.45) is 3.89. The monoisotopic (exact) mass is 367 g/mol. The van der Waals surface area contributed by atoms with Crippen LogP contribution in [0, 0.1) is 6.92 Å². The van der Waals surface area contributed by atoms with Gasteiger partial charge in [-0.3, -0.25) is 9.78 Å². The highest BCUT2D eigenvalue weighted by Crippen LogP contribution is 2.29. The van der Waals surface area contributed by atoms with Gasteiger partial charge in [-0.1, -0.05) is 6.07 Å². The van der Waals surface area contributed by atoms with Crippen LogP contribution in [0.2, 0.25) is 0 Å². The van der Waals surface area contributed by atoms with Gasteiger partial charge in [-0.25, -0.2) is 9.97 Å². The molecule has 1 aliphatic heterocycles. The Balaban J connectivity index is 1.70. The molecule has 3 aromatic heterocycles. The SMILES string of the molecule is Cc1cc2nc(N[C@@H](C)c3ccccn3)nc(C(=O)N3CCCC3)c2s1. The number of nitrogens with one attached hydrogen (secondary N) is 1. The maximum absolute atomic E-state index is 13.0. The van der Waals surface area contributed by atoms with Crippen molar-refractivity contribution < 1.29 is 4.79 Å². The van der Waals surface area contributed by atoms with Gasteiger partial charge < -0.3 is 10.2 Å². The quantitative estimate of drug-likeness (QED) is 0.759. The molecule has 0 saturated carbocycles. The Morgan fingerprint density at radius 1 is 1.27 bits per heavy atom. The van der Waals surface area contributed by atoms with E-state index in [9.17, 15) is 4.79 Å². The normalized spacial score (nSPS) is 15.4. The molecule has 1 aliphatic rings. The van der Waals surface area contributed by atoms with Gasteiger partial charge in [0.05, 0.1) is 22.0 Å². The fraction of sp³-hybridized carbons (Fsp3) is 0.368. The number of amides is 1. The van der Waals surface area contributed by atoms with Gasteiger partial charge in [-0.15, -0.1) is 11.3 Å². The van der Waals surface area contributed by atoms with Crippen LogP contribution in [0.15, 0.2) is 30.5 Å². The summed E-state index contributed by atoms with van der Waals surface area (Å²) < 4.78 is 0.871. The topological polar surface area (TPSA) is 71.0 Å². The van der Waals surface area contributed by atoms with E-state index in [0.717, 1.165) is 46.7 Å². The molecule has 0 unspecified atom stereocenters. The molecular formula is C19H21N5OS. The van der Waals surface area contributed by atoms with Crippen molar-refractivity contribution in [2.75, 3.05) is 18.4 Å². The molecule has 0 radical (unpaired) electrons. The van der Waals surface area contributed by atoms with Gasteiger partial charge in [-0.05, 0) is 44.9 Å². The Kier molecular flexibility index (Phi) is 4.55. The van der Waals surface area contributed by atoms with Crippen molar-refractivity contribution in [2.24, 2.45) is 0 Å². The molecular weight excluding hydrogens is 346 g/mol. The minimum absolute atomic E-state index is 0.00490. The Labute approximate surface area is 156 Å². The number of nitrogens with zero attached hydrogens (tertiary/aromatic N) is 4. The third kappa shape index (κ3) is 3.26. The Bertz CT molecular complexity index is 934. The number of thiophene rings is 1. The van der Waals surface area contributed by atoms with Crippen molar-refractivity contribution in [2.45, 2.75) is 32.7 Å². The molecule has 0 aromatic carbocycles. The van der Waals surface area contributed by atoms with E-state index in [4.69, 9.17) is 0 Å². The molecule has 1 saturated heterocycles.